The number of hydrogen-bond donors (Lipinski definition) is 2. The molecule has 2 aromatic rings. The highest BCUT2D eigenvalue weighted by atomic mass is 35.5. The van der Waals surface area contributed by atoms with E-state index in [1.165, 1.54) is 0 Å². The molecule has 31 heavy (non-hydrogen) atoms. The highest BCUT2D eigenvalue weighted by molar-refractivity contribution is 6.31. The van der Waals surface area contributed by atoms with Crippen LogP contribution in [0.4, 0.5) is 5.69 Å². The average molecular weight is 467 g/mol. The molecule has 0 aliphatic carbocycles. The zero-order valence-electron chi connectivity index (χ0n) is 17.3. The first-order valence-electron chi connectivity index (χ1n) is 9.62. The first-order valence-corrected chi connectivity index (χ1v) is 10.4. The van der Waals surface area contributed by atoms with Crippen molar-refractivity contribution in [3.63, 3.8) is 0 Å². The molecule has 0 aromatic heterocycles. The molecule has 2 amide bonds. The number of esters is 1. The molecule has 0 saturated heterocycles. The van der Waals surface area contributed by atoms with Crippen molar-refractivity contribution < 1.29 is 23.9 Å². The van der Waals surface area contributed by atoms with E-state index in [0.29, 0.717) is 34.5 Å². The van der Waals surface area contributed by atoms with Gasteiger partial charge in [0.15, 0.2) is 6.61 Å². The second-order valence-corrected chi connectivity index (χ2v) is 7.60. The first kappa shape index (κ1) is 24.5. The van der Waals surface area contributed by atoms with Crippen molar-refractivity contribution in [3.8, 4) is 5.75 Å². The third kappa shape index (κ3) is 8.47. The molecule has 0 atom stereocenters. The van der Waals surface area contributed by atoms with Crippen molar-refractivity contribution in [1.29, 1.82) is 0 Å². The Bertz CT molecular complexity index is 949. The average Bonchev–Trinajstić information content (AvgIpc) is 2.72. The predicted octanol–water partition coefficient (Wildman–Crippen LogP) is 4.07. The number of aryl methyl sites for hydroxylation is 1. The summed E-state index contributed by atoms with van der Waals surface area (Å²) < 4.78 is 10.5. The van der Waals surface area contributed by atoms with Crippen LogP contribution in [0.5, 0.6) is 5.75 Å². The number of anilines is 1. The zero-order chi connectivity index (χ0) is 22.8. The number of nitrogens with one attached hydrogen (secondary N) is 2. The Morgan fingerprint density at radius 3 is 2.55 bits per heavy atom. The second kappa shape index (κ2) is 12.2. The van der Waals surface area contributed by atoms with E-state index in [-0.39, 0.29) is 13.0 Å². The van der Waals surface area contributed by atoms with Gasteiger partial charge in [0.1, 0.15) is 5.75 Å². The standard InChI is InChI=1S/C22H24Cl2N2O5/c1-14-11-16(23)8-9-19(14)30-10-4-7-22(29)31-13-21(28)25-12-20(27)26-18-6-3-5-17(24)15(18)2/h3,5-6,8-9,11H,4,7,10,12-13H2,1-2H3,(H,25,28)(H,26,27). The topological polar surface area (TPSA) is 93.7 Å². The van der Waals surface area contributed by atoms with E-state index in [1.807, 2.05) is 6.92 Å². The normalized spacial score (nSPS) is 10.3. The molecule has 0 aliphatic heterocycles. The number of hydrogen-bond acceptors (Lipinski definition) is 5. The number of benzene rings is 2. The molecule has 0 bridgehead atoms. The Labute approximate surface area is 191 Å². The minimum atomic E-state index is -0.570. The lowest BCUT2D eigenvalue weighted by Crippen LogP contribution is -2.35. The molecule has 0 radical (unpaired) electrons. The van der Waals surface area contributed by atoms with Crippen LogP contribution >= 0.6 is 23.2 Å². The maximum Gasteiger partial charge on any atom is 0.306 e. The molecule has 0 heterocycles. The van der Waals surface area contributed by atoms with Gasteiger partial charge < -0.3 is 20.1 Å². The van der Waals surface area contributed by atoms with Gasteiger partial charge in [-0.25, -0.2) is 0 Å². The molecule has 2 N–H and O–H groups in total. The fourth-order valence-corrected chi connectivity index (χ4v) is 2.96. The molecule has 0 aliphatic rings. The highest BCUT2D eigenvalue weighted by Crippen LogP contribution is 2.23. The van der Waals surface area contributed by atoms with Crippen LogP contribution in [-0.2, 0) is 19.1 Å². The molecule has 0 saturated carbocycles. The maximum atomic E-state index is 12.0. The van der Waals surface area contributed by atoms with Gasteiger partial charge in [0, 0.05) is 22.2 Å². The van der Waals surface area contributed by atoms with Crippen molar-refractivity contribution in [2.24, 2.45) is 0 Å². The first-order chi connectivity index (χ1) is 14.8. The van der Waals surface area contributed by atoms with Gasteiger partial charge in [-0.2, -0.15) is 0 Å². The van der Waals surface area contributed by atoms with Gasteiger partial charge in [-0.3, -0.25) is 14.4 Å². The minimum Gasteiger partial charge on any atom is -0.493 e. The van der Waals surface area contributed by atoms with Gasteiger partial charge in [-0.15, -0.1) is 0 Å². The van der Waals surface area contributed by atoms with E-state index in [4.69, 9.17) is 32.7 Å². The third-order valence-corrected chi connectivity index (χ3v) is 4.92. The van der Waals surface area contributed by atoms with Gasteiger partial charge in [0.2, 0.25) is 5.91 Å². The van der Waals surface area contributed by atoms with Crippen molar-refractivity contribution in [3.05, 3.63) is 57.6 Å². The summed E-state index contributed by atoms with van der Waals surface area (Å²) in [7, 11) is 0. The van der Waals surface area contributed by atoms with E-state index in [1.54, 1.807) is 43.3 Å². The van der Waals surface area contributed by atoms with Crippen molar-refractivity contribution in [2.45, 2.75) is 26.7 Å². The fraction of sp³-hybridized carbons (Fsp3) is 0.318. The Morgan fingerprint density at radius 2 is 1.81 bits per heavy atom. The van der Waals surface area contributed by atoms with Crippen molar-refractivity contribution in [1.82, 2.24) is 5.32 Å². The summed E-state index contributed by atoms with van der Waals surface area (Å²) in [5.41, 5.74) is 2.20. The zero-order valence-corrected chi connectivity index (χ0v) is 18.8. The Hall–Kier alpha value is -2.77. The smallest absolute Gasteiger partial charge is 0.306 e. The van der Waals surface area contributed by atoms with E-state index in [9.17, 15) is 14.4 Å². The fourth-order valence-electron chi connectivity index (χ4n) is 2.56. The molecule has 0 fully saturated rings. The maximum absolute atomic E-state index is 12.0. The summed E-state index contributed by atoms with van der Waals surface area (Å²) in [4.78, 5) is 35.5. The lowest BCUT2D eigenvalue weighted by molar-refractivity contribution is -0.148. The van der Waals surface area contributed by atoms with Crippen LogP contribution in [0, 0.1) is 13.8 Å². The molecule has 0 unspecified atom stereocenters. The van der Waals surface area contributed by atoms with Crippen LogP contribution in [0.2, 0.25) is 10.0 Å². The van der Waals surface area contributed by atoms with Crippen LogP contribution < -0.4 is 15.4 Å². The van der Waals surface area contributed by atoms with E-state index in [0.717, 1.165) is 11.1 Å². The van der Waals surface area contributed by atoms with Crippen LogP contribution in [0.25, 0.3) is 0 Å². The molecule has 9 heteroatoms. The lowest BCUT2D eigenvalue weighted by Gasteiger charge is -2.11. The number of carbonyl (C=O) groups excluding carboxylic acids is 3. The van der Waals surface area contributed by atoms with Crippen molar-refractivity contribution >= 4 is 46.7 Å². The van der Waals surface area contributed by atoms with E-state index >= 15 is 0 Å². The van der Waals surface area contributed by atoms with Crippen LogP contribution in [0.3, 0.4) is 0 Å². The summed E-state index contributed by atoms with van der Waals surface area (Å²) in [5.74, 6) is -0.812. The minimum absolute atomic E-state index is 0.106. The predicted molar refractivity (Wildman–Crippen MR) is 120 cm³/mol. The summed E-state index contributed by atoms with van der Waals surface area (Å²) in [6.45, 7) is 3.27. The summed E-state index contributed by atoms with van der Waals surface area (Å²) in [6.07, 6.45) is 0.540. The quantitative estimate of drug-likeness (QED) is 0.406. The van der Waals surface area contributed by atoms with E-state index < -0.39 is 24.4 Å². The largest absolute Gasteiger partial charge is 0.493 e. The second-order valence-electron chi connectivity index (χ2n) is 6.76. The number of carbonyl (C=O) groups is 3. The van der Waals surface area contributed by atoms with Gasteiger partial charge in [-0.1, -0.05) is 29.3 Å². The molecular weight excluding hydrogens is 443 g/mol. The Kier molecular flexibility index (Phi) is 9.62. The number of ether oxygens (including phenoxy) is 2. The SMILES string of the molecule is Cc1cc(Cl)ccc1OCCCC(=O)OCC(=O)NCC(=O)Nc1cccc(Cl)c1C. The molecule has 166 valence electrons. The van der Waals surface area contributed by atoms with Gasteiger partial charge in [-0.05, 0) is 61.7 Å². The van der Waals surface area contributed by atoms with Crippen LogP contribution in [0.1, 0.15) is 24.0 Å². The molecular formula is C22H24Cl2N2O5. The highest BCUT2D eigenvalue weighted by Gasteiger charge is 2.11. The Morgan fingerprint density at radius 1 is 1.03 bits per heavy atom. The summed E-state index contributed by atoms with van der Waals surface area (Å²) >= 11 is 11.9. The molecule has 2 rings (SSSR count). The Balaban J connectivity index is 1.60. The number of rotatable bonds is 10. The summed E-state index contributed by atoms with van der Waals surface area (Å²) in [6, 6.07) is 10.4. The number of halogens is 2. The number of amides is 2. The lowest BCUT2D eigenvalue weighted by atomic mass is 10.2. The summed E-state index contributed by atoms with van der Waals surface area (Å²) in [5, 5.41) is 6.21. The van der Waals surface area contributed by atoms with Crippen LogP contribution in [0.15, 0.2) is 36.4 Å². The van der Waals surface area contributed by atoms with Gasteiger partial charge in [0.25, 0.3) is 5.91 Å². The van der Waals surface area contributed by atoms with Gasteiger partial charge in [0.05, 0.1) is 13.2 Å². The molecule has 0 spiro atoms. The van der Waals surface area contributed by atoms with Crippen LogP contribution in [-0.4, -0.2) is 37.5 Å². The van der Waals surface area contributed by atoms with E-state index in [2.05, 4.69) is 10.6 Å². The third-order valence-electron chi connectivity index (χ3n) is 4.27. The monoisotopic (exact) mass is 466 g/mol. The molecule has 7 nitrogen and oxygen atoms in total. The van der Waals surface area contributed by atoms with Gasteiger partial charge >= 0.3 is 5.97 Å². The van der Waals surface area contributed by atoms with Crippen molar-refractivity contribution in [2.75, 3.05) is 25.1 Å². The molecule has 2 aromatic carbocycles.